The molecule has 184 valence electrons. The van der Waals surface area contributed by atoms with Crippen LogP contribution in [-0.4, -0.2) is 63.3 Å². The van der Waals surface area contributed by atoms with E-state index < -0.39 is 23.7 Å². The molecule has 0 saturated carbocycles. The lowest BCUT2D eigenvalue weighted by molar-refractivity contribution is -0.192. The van der Waals surface area contributed by atoms with Crippen LogP contribution in [-0.2, 0) is 4.79 Å². The van der Waals surface area contributed by atoms with E-state index in [1.54, 1.807) is 10.9 Å². The van der Waals surface area contributed by atoms with Crippen molar-refractivity contribution >= 4 is 34.0 Å². The molecule has 0 spiro atoms. The fourth-order valence-electron chi connectivity index (χ4n) is 2.21. The summed E-state index contributed by atoms with van der Waals surface area (Å²) in [6, 6.07) is 3.19. The number of hydrogen-bond donors (Lipinski definition) is 4. The number of ether oxygens (including phenoxy) is 1. The van der Waals surface area contributed by atoms with Crippen LogP contribution in [0.1, 0.15) is 16.2 Å². The van der Waals surface area contributed by atoms with Crippen LogP contribution in [0.15, 0.2) is 27.5 Å². The molecule has 1 amide bonds. The molecule has 0 aromatic carbocycles. The van der Waals surface area contributed by atoms with Gasteiger partial charge in [-0.2, -0.15) is 18.3 Å². The number of aryl methyl sites for hydroxylation is 1. The van der Waals surface area contributed by atoms with Crippen molar-refractivity contribution in [3.8, 4) is 10.9 Å². The van der Waals surface area contributed by atoms with Gasteiger partial charge in [-0.25, -0.2) is 14.3 Å². The molecule has 0 unspecified atom stereocenters. The number of aliphatic carboxylic acids is 1. The first-order valence-electron chi connectivity index (χ1n) is 9.10. The number of carbonyl (C=O) groups is 2. The molecule has 0 aliphatic heterocycles. The third-order valence-corrected chi connectivity index (χ3v) is 4.50. The Bertz CT molecular complexity index is 1210. The molecule has 34 heavy (non-hydrogen) atoms. The van der Waals surface area contributed by atoms with Crippen molar-refractivity contribution in [2.24, 2.45) is 5.73 Å². The molecule has 0 fully saturated rings. The summed E-state index contributed by atoms with van der Waals surface area (Å²) in [5.41, 5.74) is 5.86. The Kier molecular flexibility index (Phi) is 8.68. The van der Waals surface area contributed by atoms with E-state index in [1.165, 1.54) is 13.2 Å². The van der Waals surface area contributed by atoms with Crippen LogP contribution in [0.3, 0.4) is 0 Å². The van der Waals surface area contributed by atoms with Crippen molar-refractivity contribution in [3.05, 3.63) is 40.2 Å². The lowest BCUT2D eigenvalue weighted by Crippen LogP contribution is -2.21. The second-order valence-corrected chi connectivity index (χ2v) is 7.05. The number of methoxy groups -OCH3 is 1. The molecule has 0 bridgehead atoms. The highest BCUT2D eigenvalue weighted by Crippen LogP contribution is 2.23. The van der Waals surface area contributed by atoms with Crippen LogP contribution in [0.25, 0.3) is 5.13 Å². The molecule has 0 atom stereocenters. The second-order valence-electron chi connectivity index (χ2n) is 6.09. The number of alkyl halides is 3. The summed E-state index contributed by atoms with van der Waals surface area (Å²) >= 11 is 1.13. The molecule has 0 aliphatic carbocycles. The number of nitrogens with one attached hydrogen (secondary N) is 2. The van der Waals surface area contributed by atoms with E-state index in [4.69, 9.17) is 24.8 Å². The highest BCUT2D eigenvalue weighted by Gasteiger charge is 2.38. The lowest BCUT2D eigenvalue weighted by Gasteiger charge is -2.10. The molecule has 3 rings (SSSR count). The summed E-state index contributed by atoms with van der Waals surface area (Å²) in [6.07, 6.45) is -3.45. The summed E-state index contributed by atoms with van der Waals surface area (Å²) in [4.78, 5) is 33.4. The Balaban J connectivity index is 0.000000509. The molecule has 17 heteroatoms. The molecular formula is C17H18F3N7O6S. The number of nitrogens with two attached hydrogens (primary N) is 1. The zero-order valence-electron chi connectivity index (χ0n) is 17.5. The predicted octanol–water partition coefficient (Wildman–Crippen LogP) is 1.25. The maximum Gasteiger partial charge on any atom is 0.490 e. The standard InChI is InChI=1S/C15H17N7O4S.C2HF3O2/c1-8-3-5-18-22(8)15-21-20-14(27-15)19-12(23)10-7-9(17-6-4-16)11(25-2)13(24)26-10;3-2(4,5)1(6)7/h3,5,7,17H,4,6,16H2,1-2H3,(H,19,20,23);(H,6,7). The van der Waals surface area contributed by atoms with Crippen molar-refractivity contribution in [1.29, 1.82) is 0 Å². The minimum atomic E-state index is -5.08. The van der Waals surface area contributed by atoms with Gasteiger partial charge in [0, 0.05) is 31.0 Å². The van der Waals surface area contributed by atoms with Crippen molar-refractivity contribution in [1.82, 2.24) is 20.0 Å². The molecular weight excluding hydrogens is 487 g/mol. The van der Waals surface area contributed by atoms with Gasteiger partial charge in [0.2, 0.25) is 16.0 Å². The summed E-state index contributed by atoms with van der Waals surface area (Å²) in [5.74, 6) is -3.64. The van der Waals surface area contributed by atoms with E-state index in [1.807, 2.05) is 13.0 Å². The van der Waals surface area contributed by atoms with Crippen LogP contribution in [0.5, 0.6) is 5.75 Å². The molecule has 5 N–H and O–H groups in total. The van der Waals surface area contributed by atoms with Gasteiger partial charge in [-0.3, -0.25) is 10.1 Å². The van der Waals surface area contributed by atoms with E-state index in [0.29, 0.717) is 23.9 Å². The largest absolute Gasteiger partial charge is 0.490 e. The van der Waals surface area contributed by atoms with Gasteiger partial charge in [-0.05, 0) is 13.0 Å². The van der Waals surface area contributed by atoms with Crippen molar-refractivity contribution in [2.45, 2.75) is 13.1 Å². The number of amides is 1. The first kappa shape index (κ1) is 26.3. The number of nitrogens with zero attached hydrogens (tertiary/aromatic N) is 4. The minimum Gasteiger partial charge on any atom is -0.488 e. The Morgan fingerprint density at radius 2 is 2.03 bits per heavy atom. The Hall–Kier alpha value is -3.99. The van der Waals surface area contributed by atoms with E-state index in [0.717, 1.165) is 17.0 Å². The number of hydrogen-bond acceptors (Lipinski definition) is 11. The predicted molar refractivity (Wildman–Crippen MR) is 112 cm³/mol. The van der Waals surface area contributed by atoms with E-state index in [-0.39, 0.29) is 16.6 Å². The maximum absolute atomic E-state index is 12.4. The third kappa shape index (κ3) is 6.75. The van der Waals surface area contributed by atoms with Crippen LogP contribution in [0.4, 0.5) is 24.0 Å². The first-order valence-corrected chi connectivity index (χ1v) is 9.91. The molecule has 3 aromatic rings. The van der Waals surface area contributed by atoms with Gasteiger partial charge in [0.25, 0.3) is 5.91 Å². The number of aromatic nitrogens is 4. The molecule has 3 aromatic heterocycles. The Morgan fingerprint density at radius 3 is 2.56 bits per heavy atom. The molecule has 0 radical (unpaired) electrons. The van der Waals surface area contributed by atoms with Crippen LogP contribution in [0.2, 0.25) is 0 Å². The topological polar surface area (TPSA) is 187 Å². The van der Waals surface area contributed by atoms with Gasteiger partial charge in [0.1, 0.15) is 0 Å². The van der Waals surface area contributed by atoms with Crippen molar-refractivity contribution < 1.29 is 37.0 Å². The number of rotatable bonds is 7. The molecule has 0 aliphatic rings. The minimum absolute atomic E-state index is 0.0349. The molecule has 0 saturated heterocycles. The third-order valence-electron chi connectivity index (χ3n) is 3.69. The SMILES string of the molecule is COc1c(NCCN)cc(C(=O)Nc2nnc(-n3nccc3C)s2)oc1=O.O=C(O)C(F)(F)F. The van der Waals surface area contributed by atoms with E-state index in [2.05, 4.69) is 25.9 Å². The second kappa shape index (κ2) is 11.2. The summed E-state index contributed by atoms with van der Waals surface area (Å²) in [5, 5.41) is 25.3. The van der Waals surface area contributed by atoms with Gasteiger partial charge < -0.3 is 25.3 Å². The van der Waals surface area contributed by atoms with E-state index >= 15 is 0 Å². The van der Waals surface area contributed by atoms with Crippen molar-refractivity contribution in [2.75, 3.05) is 30.8 Å². The zero-order chi connectivity index (χ0) is 25.5. The number of carbonyl (C=O) groups excluding carboxylic acids is 1. The van der Waals surface area contributed by atoms with Gasteiger partial charge in [0.05, 0.1) is 12.8 Å². The van der Waals surface area contributed by atoms with Gasteiger partial charge in [0.15, 0.2) is 5.76 Å². The fourth-order valence-corrected chi connectivity index (χ4v) is 2.96. The fraction of sp³-hybridized carbons (Fsp3) is 0.294. The smallest absolute Gasteiger partial charge is 0.488 e. The van der Waals surface area contributed by atoms with Crippen LogP contribution < -0.4 is 26.7 Å². The summed E-state index contributed by atoms with van der Waals surface area (Å²) < 4.78 is 43.4. The first-order chi connectivity index (χ1) is 16.0. The van der Waals surface area contributed by atoms with Crippen LogP contribution >= 0.6 is 11.3 Å². The zero-order valence-corrected chi connectivity index (χ0v) is 18.4. The normalized spacial score (nSPS) is 10.8. The molecule has 3 heterocycles. The average molecular weight is 505 g/mol. The average Bonchev–Trinajstić information content (AvgIpc) is 3.40. The number of anilines is 2. The summed E-state index contributed by atoms with van der Waals surface area (Å²) in [7, 11) is 1.33. The lowest BCUT2D eigenvalue weighted by atomic mass is 10.3. The van der Waals surface area contributed by atoms with Gasteiger partial charge in [-0.1, -0.05) is 11.3 Å². The molecule has 13 nitrogen and oxygen atoms in total. The highest BCUT2D eigenvalue weighted by atomic mass is 32.1. The number of carboxylic acid groups (broad SMARTS) is 1. The summed E-state index contributed by atoms with van der Waals surface area (Å²) in [6.45, 7) is 2.60. The van der Waals surface area contributed by atoms with Gasteiger partial charge >= 0.3 is 17.8 Å². The van der Waals surface area contributed by atoms with E-state index in [9.17, 15) is 22.8 Å². The van der Waals surface area contributed by atoms with Gasteiger partial charge in [-0.15, -0.1) is 10.2 Å². The number of carboxylic acids is 1. The quantitative estimate of drug-likeness (QED) is 0.362. The highest BCUT2D eigenvalue weighted by molar-refractivity contribution is 7.17. The monoisotopic (exact) mass is 505 g/mol. The number of halogens is 3. The maximum atomic E-state index is 12.4. The van der Waals surface area contributed by atoms with Crippen molar-refractivity contribution in [3.63, 3.8) is 0 Å². The Morgan fingerprint density at radius 1 is 1.35 bits per heavy atom. The Labute approximate surface area is 192 Å². The van der Waals surface area contributed by atoms with Crippen LogP contribution in [0, 0.1) is 6.92 Å².